The van der Waals surface area contributed by atoms with Crippen molar-refractivity contribution in [1.29, 1.82) is 0 Å². The first kappa shape index (κ1) is 15.6. The lowest BCUT2D eigenvalue weighted by atomic mass is 9.86. The van der Waals surface area contributed by atoms with Gasteiger partial charge in [0.15, 0.2) is 11.5 Å². The molecule has 0 bridgehead atoms. The molecule has 4 N–H and O–H groups in total. The van der Waals surface area contributed by atoms with Crippen LogP contribution in [0.4, 0.5) is 0 Å². The molecule has 1 aromatic rings. The molecule has 102 valence electrons. The quantitative estimate of drug-likeness (QED) is 0.635. The molecule has 8 heteroatoms. The van der Waals surface area contributed by atoms with E-state index in [0.29, 0.717) is 5.56 Å². The van der Waals surface area contributed by atoms with E-state index in [9.17, 15) is 0 Å². The van der Waals surface area contributed by atoms with Gasteiger partial charge in [-0.2, -0.15) is 0 Å². The third kappa shape index (κ3) is 4.32. The first-order chi connectivity index (χ1) is 8.21. The Bertz CT molecular complexity index is 402. The van der Waals surface area contributed by atoms with Crippen molar-refractivity contribution in [3.63, 3.8) is 0 Å². The average molecular weight is 294 g/mol. The standard InChI is InChI=1S/C10H16O6P2/c1-10(2,3)7-5-4-6-8(15-17(11)12)9(7)16-18(13)14/h4-6,11-14H,1-3H3. The maximum Gasteiger partial charge on any atom is 0.391 e. The summed E-state index contributed by atoms with van der Waals surface area (Å²) in [7, 11) is -5.22. The summed E-state index contributed by atoms with van der Waals surface area (Å²) in [6.07, 6.45) is 0. The van der Waals surface area contributed by atoms with Crippen LogP contribution in [0.1, 0.15) is 26.3 Å². The van der Waals surface area contributed by atoms with Crippen molar-refractivity contribution >= 4 is 17.2 Å². The van der Waals surface area contributed by atoms with E-state index in [1.165, 1.54) is 6.07 Å². The highest BCUT2D eigenvalue weighted by Crippen LogP contribution is 2.46. The van der Waals surface area contributed by atoms with E-state index >= 15 is 0 Å². The van der Waals surface area contributed by atoms with Crippen LogP contribution in [0.25, 0.3) is 0 Å². The molecule has 0 aliphatic heterocycles. The summed E-state index contributed by atoms with van der Waals surface area (Å²) in [4.78, 5) is 35.7. The monoisotopic (exact) mass is 294 g/mol. The van der Waals surface area contributed by atoms with Crippen LogP contribution in [0.3, 0.4) is 0 Å². The number of rotatable bonds is 4. The van der Waals surface area contributed by atoms with Crippen molar-refractivity contribution in [1.82, 2.24) is 0 Å². The predicted octanol–water partition coefficient (Wildman–Crippen LogP) is 2.16. The summed E-state index contributed by atoms with van der Waals surface area (Å²) in [6, 6.07) is 4.88. The molecule has 6 nitrogen and oxygen atoms in total. The highest BCUT2D eigenvalue weighted by Gasteiger charge is 2.25. The Morgan fingerprint density at radius 2 is 1.50 bits per heavy atom. The normalized spacial score (nSPS) is 12.1. The van der Waals surface area contributed by atoms with Crippen LogP contribution in [-0.2, 0) is 5.41 Å². The van der Waals surface area contributed by atoms with E-state index in [4.69, 9.17) is 28.6 Å². The van der Waals surface area contributed by atoms with Crippen molar-refractivity contribution in [2.24, 2.45) is 0 Å². The first-order valence-corrected chi connectivity index (χ1v) is 7.40. The molecule has 0 radical (unpaired) electrons. The average Bonchev–Trinajstić information content (AvgIpc) is 2.17. The summed E-state index contributed by atoms with van der Waals surface area (Å²) in [6.45, 7) is 5.74. The molecule has 0 amide bonds. The molecule has 0 fully saturated rings. The fourth-order valence-electron chi connectivity index (χ4n) is 1.44. The molecular formula is C10H16O6P2. The smallest absolute Gasteiger partial charge is 0.391 e. The predicted molar refractivity (Wildman–Crippen MR) is 69.1 cm³/mol. The lowest BCUT2D eigenvalue weighted by Gasteiger charge is -2.24. The highest BCUT2D eigenvalue weighted by molar-refractivity contribution is 7.40. The molecule has 1 aromatic carbocycles. The Hall–Kier alpha value is -0.480. The van der Waals surface area contributed by atoms with Crippen molar-refractivity contribution in [3.05, 3.63) is 23.8 Å². The summed E-state index contributed by atoms with van der Waals surface area (Å²) < 4.78 is 9.76. The Morgan fingerprint density at radius 3 is 1.94 bits per heavy atom. The van der Waals surface area contributed by atoms with Gasteiger partial charge in [0.05, 0.1) is 0 Å². The van der Waals surface area contributed by atoms with E-state index in [-0.39, 0.29) is 16.9 Å². The Morgan fingerprint density at radius 1 is 0.944 bits per heavy atom. The summed E-state index contributed by atoms with van der Waals surface area (Å²) in [5, 5.41) is 0. The van der Waals surface area contributed by atoms with E-state index in [0.717, 1.165) is 0 Å². The second-order valence-corrected chi connectivity index (χ2v) is 5.95. The maximum atomic E-state index is 8.98. The Labute approximate surface area is 108 Å². The van der Waals surface area contributed by atoms with E-state index < -0.39 is 17.2 Å². The van der Waals surface area contributed by atoms with Gasteiger partial charge in [-0.25, -0.2) is 0 Å². The van der Waals surface area contributed by atoms with Gasteiger partial charge in [-0.05, 0) is 11.5 Å². The maximum absolute atomic E-state index is 8.98. The number of hydrogen-bond acceptors (Lipinski definition) is 6. The molecule has 1 rings (SSSR count). The van der Waals surface area contributed by atoms with Gasteiger partial charge in [0.25, 0.3) is 0 Å². The van der Waals surface area contributed by atoms with Crippen LogP contribution in [0.15, 0.2) is 18.2 Å². The third-order valence-electron chi connectivity index (χ3n) is 2.14. The summed E-state index contributed by atoms with van der Waals surface area (Å²) in [5.41, 5.74) is 0.348. The van der Waals surface area contributed by atoms with Gasteiger partial charge in [0.1, 0.15) is 0 Å². The number of hydrogen-bond donors (Lipinski definition) is 4. The second kappa shape index (κ2) is 6.11. The van der Waals surface area contributed by atoms with Crippen LogP contribution in [0, 0.1) is 0 Å². The molecular weight excluding hydrogens is 278 g/mol. The van der Waals surface area contributed by atoms with Gasteiger partial charge in [0, 0.05) is 5.56 Å². The zero-order valence-corrected chi connectivity index (χ0v) is 12.0. The molecule has 0 atom stereocenters. The van der Waals surface area contributed by atoms with Crippen molar-refractivity contribution in [2.45, 2.75) is 26.2 Å². The Kier molecular flexibility index (Phi) is 5.29. The number of benzene rings is 1. The minimum Gasteiger partial charge on any atom is -0.423 e. The second-order valence-electron chi connectivity index (χ2n) is 4.57. The molecule has 0 spiro atoms. The van der Waals surface area contributed by atoms with Crippen LogP contribution in [0.5, 0.6) is 11.5 Å². The third-order valence-corrected chi connectivity index (χ3v) is 2.85. The molecule has 0 saturated carbocycles. The van der Waals surface area contributed by atoms with Gasteiger partial charge < -0.3 is 28.6 Å². The molecule has 0 saturated heterocycles. The summed E-state index contributed by atoms with van der Waals surface area (Å²) in [5.74, 6) is 0.172. The van der Waals surface area contributed by atoms with Gasteiger partial charge in [-0.15, -0.1) is 0 Å². The van der Waals surface area contributed by atoms with Crippen molar-refractivity contribution < 1.29 is 28.6 Å². The fourth-order valence-corrected chi connectivity index (χ4v) is 2.11. The van der Waals surface area contributed by atoms with Crippen LogP contribution in [-0.4, -0.2) is 19.6 Å². The van der Waals surface area contributed by atoms with E-state index in [2.05, 4.69) is 0 Å². The van der Waals surface area contributed by atoms with Crippen molar-refractivity contribution in [3.8, 4) is 11.5 Å². The number of para-hydroxylation sites is 1. The highest BCUT2D eigenvalue weighted by atomic mass is 31.2. The van der Waals surface area contributed by atoms with Crippen molar-refractivity contribution in [2.75, 3.05) is 0 Å². The molecule has 0 heterocycles. The van der Waals surface area contributed by atoms with Crippen LogP contribution in [0.2, 0.25) is 0 Å². The summed E-state index contributed by atoms with van der Waals surface area (Å²) >= 11 is 0. The van der Waals surface area contributed by atoms with E-state index in [1.807, 2.05) is 20.8 Å². The zero-order chi connectivity index (χ0) is 13.9. The molecule has 0 aromatic heterocycles. The minimum absolute atomic E-state index is 0.0640. The lowest BCUT2D eigenvalue weighted by molar-refractivity contribution is 0.344. The van der Waals surface area contributed by atoms with Gasteiger partial charge in [-0.1, -0.05) is 32.9 Å². The fraction of sp³-hybridized carbons (Fsp3) is 0.400. The largest absolute Gasteiger partial charge is 0.423 e. The molecule has 0 unspecified atom stereocenters. The lowest BCUT2D eigenvalue weighted by Crippen LogP contribution is -2.13. The topological polar surface area (TPSA) is 99.4 Å². The van der Waals surface area contributed by atoms with Gasteiger partial charge in [0.2, 0.25) is 0 Å². The molecule has 0 aliphatic carbocycles. The van der Waals surface area contributed by atoms with Gasteiger partial charge in [-0.3, -0.25) is 0 Å². The van der Waals surface area contributed by atoms with Gasteiger partial charge >= 0.3 is 17.2 Å². The zero-order valence-electron chi connectivity index (χ0n) is 10.2. The van der Waals surface area contributed by atoms with E-state index in [1.54, 1.807) is 12.1 Å². The first-order valence-electron chi connectivity index (χ1n) is 5.07. The van der Waals surface area contributed by atoms with Crippen LogP contribution >= 0.6 is 17.2 Å². The molecule has 0 aliphatic rings. The molecule has 18 heavy (non-hydrogen) atoms. The minimum atomic E-state index is -2.62. The SMILES string of the molecule is CC(C)(C)c1cccc(OP(O)O)c1OP(O)O. The van der Waals surface area contributed by atoms with Crippen LogP contribution < -0.4 is 9.05 Å². The Balaban J connectivity index is 3.25.